The third kappa shape index (κ3) is 5.26. The van der Waals surface area contributed by atoms with E-state index in [1.807, 2.05) is 121 Å². The third-order valence-electron chi connectivity index (χ3n) is 10.4. The molecule has 0 unspecified atom stereocenters. The average Bonchev–Trinajstić information content (AvgIpc) is 3.75. The van der Waals surface area contributed by atoms with Crippen molar-refractivity contribution in [2.75, 3.05) is 4.90 Å². The molecule has 0 amide bonds. The Balaban J connectivity index is 1.18. The van der Waals surface area contributed by atoms with E-state index >= 15 is 0 Å². The van der Waals surface area contributed by atoms with Crippen LogP contribution in [-0.2, 0) is 0 Å². The number of hydrogen-bond acceptors (Lipinski definition) is 2. The van der Waals surface area contributed by atoms with Crippen molar-refractivity contribution in [3.05, 3.63) is 212 Å². The molecule has 11 rings (SSSR count). The molecule has 0 aliphatic rings. The summed E-state index contributed by atoms with van der Waals surface area (Å²) in [5.41, 5.74) is 4.69. The molecule has 11 aromatic rings. The molecule has 0 bridgehead atoms. The molecule has 1 aromatic heterocycles. The highest BCUT2D eigenvalue weighted by molar-refractivity contribution is 6.17. The summed E-state index contributed by atoms with van der Waals surface area (Å²) >= 11 is 0. The first kappa shape index (κ1) is 22.7. The maximum atomic E-state index is 9.77. The standard InChI is InChI=1S/C54H35NO/c1-4-17-43-36(12-1)15-9-21-45(43)39-26-31-41(32-27-39)55(42-33-28-40(29-34-42)46-22-10-16-37-13-2-5-18-44(37)46)52-25-8-7-20-48(52)49-23-11-24-50-51-35-30-38-14-3-6-19-47(38)53(51)56-54(49)50/h1-35H/i1D,4D,9D,12D,15D,17D,21D,26D,27D,31D,32D. The van der Waals surface area contributed by atoms with Crippen LogP contribution in [0.3, 0.4) is 0 Å². The van der Waals surface area contributed by atoms with Crippen LogP contribution in [0.15, 0.2) is 216 Å². The zero-order valence-electron chi connectivity index (χ0n) is 40.7. The van der Waals surface area contributed by atoms with Gasteiger partial charge < -0.3 is 9.32 Å². The van der Waals surface area contributed by atoms with Crippen LogP contribution in [0, 0.1) is 0 Å². The molecule has 0 aliphatic heterocycles. The summed E-state index contributed by atoms with van der Waals surface area (Å²) in [7, 11) is 0. The number of para-hydroxylation sites is 2. The minimum Gasteiger partial charge on any atom is -0.455 e. The van der Waals surface area contributed by atoms with Crippen molar-refractivity contribution in [3.8, 4) is 33.4 Å². The number of rotatable bonds is 6. The minimum atomic E-state index is -0.678. The smallest absolute Gasteiger partial charge is 0.143 e. The molecule has 0 spiro atoms. The van der Waals surface area contributed by atoms with Crippen LogP contribution in [0.4, 0.5) is 17.1 Å². The first-order valence-corrected chi connectivity index (χ1v) is 18.3. The second kappa shape index (κ2) is 13.2. The number of nitrogens with zero attached hydrogens (tertiary/aromatic N) is 1. The Morgan fingerprint density at radius 2 is 0.982 bits per heavy atom. The Morgan fingerprint density at radius 1 is 0.339 bits per heavy atom. The van der Waals surface area contributed by atoms with Gasteiger partial charge in [-0.15, -0.1) is 0 Å². The summed E-state index contributed by atoms with van der Waals surface area (Å²) < 4.78 is 106. The van der Waals surface area contributed by atoms with Gasteiger partial charge in [0.05, 0.1) is 20.8 Å². The molecule has 0 aliphatic carbocycles. The number of anilines is 3. The fourth-order valence-corrected chi connectivity index (χ4v) is 7.83. The summed E-state index contributed by atoms with van der Waals surface area (Å²) in [5, 5.41) is 5.26. The lowest BCUT2D eigenvalue weighted by atomic mass is 9.96. The molecule has 1 heterocycles. The zero-order chi connectivity index (χ0) is 46.6. The largest absolute Gasteiger partial charge is 0.455 e. The first-order chi connectivity index (χ1) is 32.4. The van der Waals surface area contributed by atoms with E-state index < -0.39 is 72.0 Å². The van der Waals surface area contributed by atoms with E-state index in [9.17, 15) is 5.48 Å². The van der Waals surface area contributed by atoms with Gasteiger partial charge in [0.25, 0.3) is 0 Å². The molecule has 0 N–H and O–H groups in total. The fraction of sp³-hybridized carbons (Fsp3) is 0. The van der Waals surface area contributed by atoms with Gasteiger partial charge in [0.1, 0.15) is 11.2 Å². The Morgan fingerprint density at radius 3 is 1.86 bits per heavy atom. The number of furan rings is 1. The van der Waals surface area contributed by atoms with Gasteiger partial charge in [-0.2, -0.15) is 0 Å². The predicted octanol–water partition coefficient (Wildman–Crippen LogP) is 15.5. The first-order valence-electron chi connectivity index (χ1n) is 23.8. The number of benzene rings is 10. The monoisotopic (exact) mass is 724 g/mol. The second-order valence-electron chi connectivity index (χ2n) is 13.6. The molecule has 2 heteroatoms. The van der Waals surface area contributed by atoms with Crippen LogP contribution in [0.25, 0.3) is 87.6 Å². The molecule has 0 fully saturated rings. The van der Waals surface area contributed by atoms with Crippen molar-refractivity contribution in [2.45, 2.75) is 0 Å². The van der Waals surface area contributed by atoms with Crippen molar-refractivity contribution in [2.24, 2.45) is 0 Å². The van der Waals surface area contributed by atoms with Crippen LogP contribution < -0.4 is 4.90 Å². The van der Waals surface area contributed by atoms with Gasteiger partial charge in [0.2, 0.25) is 0 Å². The fourth-order valence-electron chi connectivity index (χ4n) is 7.83. The van der Waals surface area contributed by atoms with Gasteiger partial charge in [-0.3, -0.25) is 0 Å². The Kier molecular flexibility index (Phi) is 5.34. The van der Waals surface area contributed by atoms with Gasteiger partial charge in [0, 0.05) is 38.7 Å². The molecule has 56 heavy (non-hydrogen) atoms. The van der Waals surface area contributed by atoms with Crippen LogP contribution in [-0.4, -0.2) is 0 Å². The Bertz CT molecular complexity index is 3860. The zero-order valence-corrected chi connectivity index (χ0v) is 29.7. The van der Waals surface area contributed by atoms with E-state index in [1.54, 1.807) is 4.90 Å². The molecular formula is C54H35NO. The SMILES string of the molecule is [2H]c1c([2H])c(N(c2ccc(-c3cccc4ccccc34)cc2)c2ccccc2-c2cccc3c2oc2c4ccccc4ccc32)c([2H])c([2H])c1-c1c([2H])c([2H])c([2H])c2c([2H])c([2H])c([2H])c([2H])c12. The molecule has 0 saturated heterocycles. The quantitative estimate of drug-likeness (QED) is 0.170. The highest BCUT2D eigenvalue weighted by Gasteiger charge is 2.21. The van der Waals surface area contributed by atoms with Crippen LogP contribution in [0.2, 0.25) is 0 Å². The highest BCUT2D eigenvalue weighted by atomic mass is 16.3. The Hall–Kier alpha value is -7.42. The van der Waals surface area contributed by atoms with Crippen molar-refractivity contribution in [1.29, 1.82) is 0 Å². The maximum Gasteiger partial charge on any atom is 0.143 e. The topological polar surface area (TPSA) is 16.4 Å². The molecule has 262 valence electrons. The normalized spacial score (nSPS) is 14.3. The predicted molar refractivity (Wildman–Crippen MR) is 237 cm³/mol. The lowest BCUT2D eigenvalue weighted by Crippen LogP contribution is -2.11. The molecule has 0 atom stereocenters. The second-order valence-corrected chi connectivity index (χ2v) is 13.6. The minimum absolute atomic E-state index is 0.132. The third-order valence-corrected chi connectivity index (χ3v) is 10.4. The van der Waals surface area contributed by atoms with Crippen molar-refractivity contribution < 1.29 is 19.5 Å². The molecule has 2 nitrogen and oxygen atoms in total. The van der Waals surface area contributed by atoms with Gasteiger partial charge in [-0.05, 0) is 85.5 Å². The lowest BCUT2D eigenvalue weighted by Gasteiger charge is -2.28. The molecule has 0 radical (unpaired) electrons. The van der Waals surface area contributed by atoms with E-state index in [4.69, 9.17) is 14.0 Å². The molecule has 10 aromatic carbocycles. The average molecular weight is 725 g/mol. The van der Waals surface area contributed by atoms with Gasteiger partial charge in [0.15, 0.2) is 0 Å². The van der Waals surface area contributed by atoms with Crippen LogP contribution >= 0.6 is 0 Å². The van der Waals surface area contributed by atoms with Crippen molar-refractivity contribution in [1.82, 2.24) is 0 Å². The van der Waals surface area contributed by atoms with E-state index in [0.29, 0.717) is 22.5 Å². The van der Waals surface area contributed by atoms with Gasteiger partial charge in [-0.1, -0.05) is 176 Å². The Labute approximate surface area is 340 Å². The van der Waals surface area contributed by atoms with E-state index in [0.717, 1.165) is 54.6 Å². The number of hydrogen-bond donors (Lipinski definition) is 0. The summed E-state index contributed by atoms with van der Waals surface area (Å²) in [6, 6.07) is 40.6. The van der Waals surface area contributed by atoms with E-state index in [-0.39, 0.29) is 22.0 Å². The van der Waals surface area contributed by atoms with Crippen LogP contribution in [0.1, 0.15) is 15.1 Å². The van der Waals surface area contributed by atoms with Crippen molar-refractivity contribution >= 4 is 71.3 Å². The summed E-state index contributed by atoms with van der Waals surface area (Å²) in [6.45, 7) is 0. The van der Waals surface area contributed by atoms with Gasteiger partial charge in [-0.25, -0.2) is 0 Å². The van der Waals surface area contributed by atoms with Gasteiger partial charge >= 0.3 is 0 Å². The van der Waals surface area contributed by atoms with E-state index in [2.05, 4.69) is 24.3 Å². The maximum absolute atomic E-state index is 9.77. The number of fused-ring (bicyclic) bond motifs is 7. The van der Waals surface area contributed by atoms with E-state index in [1.165, 1.54) is 0 Å². The van der Waals surface area contributed by atoms with Crippen molar-refractivity contribution in [3.63, 3.8) is 0 Å². The summed E-state index contributed by atoms with van der Waals surface area (Å²) in [4.78, 5) is 1.68. The molecule has 0 saturated carbocycles. The van der Waals surface area contributed by atoms with Crippen LogP contribution in [0.5, 0.6) is 0 Å². The highest BCUT2D eigenvalue weighted by Crippen LogP contribution is 2.46. The lowest BCUT2D eigenvalue weighted by molar-refractivity contribution is 0.674. The summed E-state index contributed by atoms with van der Waals surface area (Å²) in [5.74, 6) is 0. The molecular weight excluding hydrogens is 679 g/mol. The summed E-state index contributed by atoms with van der Waals surface area (Å²) in [6.07, 6.45) is 0.